The zero-order chi connectivity index (χ0) is 8.67. The smallest absolute Gasteiger partial charge is 0.0414 e. The fourth-order valence-corrected chi connectivity index (χ4v) is 3.58. The maximum absolute atomic E-state index is 3.62. The Hall–Kier alpha value is -0.470. The van der Waals surface area contributed by atoms with Gasteiger partial charge in [0.15, 0.2) is 0 Å². The van der Waals surface area contributed by atoms with Crippen LogP contribution in [0.4, 0.5) is 0 Å². The molecule has 1 fully saturated rings. The quantitative estimate of drug-likeness (QED) is 0.674. The van der Waals surface area contributed by atoms with Crippen LogP contribution in [0.5, 0.6) is 0 Å². The molecule has 2 heteroatoms. The first-order chi connectivity index (χ1) is 6.45. The van der Waals surface area contributed by atoms with Gasteiger partial charge in [-0.3, -0.25) is 0 Å². The predicted molar refractivity (Wildman–Crippen MR) is 57.3 cm³/mol. The standard InChI is InChI=1S/C11H13NS/c1-2-4-10-9(3-1)8-5-12-11(10)7-13-6-8/h1-4,8,11-12H,5-7H2. The van der Waals surface area contributed by atoms with Crippen LogP contribution >= 0.6 is 11.8 Å². The van der Waals surface area contributed by atoms with Gasteiger partial charge in [-0.15, -0.1) is 0 Å². The van der Waals surface area contributed by atoms with E-state index in [-0.39, 0.29) is 0 Å². The number of hydrogen-bond acceptors (Lipinski definition) is 2. The first-order valence-electron chi connectivity index (χ1n) is 4.85. The van der Waals surface area contributed by atoms with Gasteiger partial charge < -0.3 is 5.32 Å². The summed E-state index contributed by atoms with van der Waals surface area (Å²) >= 11 is 2.09. The minimum Gasteiger partial charge on any atom is -0.309 e. The summed E-state index contributed by atoms with van der Waals surface area (Å²) < 4.78 is 0. The Bertz CT molecular complexity index is 289. The summed E-state index contributed by atoms with van der Waals surface area (Å²) in [5.74, 6) is 3.29. The van der Waals surface area contributed by atoms with Gasteiger partial charge in [0.25, 0.3) is 0 Å². The Balaban J connectivity index is 2.15. The van der Waals surface area contributed by atoms with Crippen LogP contribution in [-0.4, -0.2) is 18.1 Å². The summed E-state index contributed by atoms with van der Waals surface area (Å²) in [7, 11) is 0. The van der Waals surface area contributed by atoms with E-state index in [9.17, 15) is 0 Å². The molecule has 2 unspecified atom stereocenters. The molecule has 3 aliphatic heterocycles. The molecule has 2 atom stereocenters. The van der Waals surface area contributed by atoms with Crippen LogP contribution in [0.1, 0.15) is 23.1 Å². The van der Waals surface area contributed by atoms with Gasteiger partial charge in [-0.25, -0.2) is 0 Å². The van der Waals surface area contributed by atoms with Crippen molar-refractivity contribution in [1.29, 1.82) is 0 Å². The van der Waals surface area contributed by atoms with Gasteiger partial charge in [-0.2, -0.15) is 11.8 Å². The second-order valence-electron chi connectivity index (χ2n) is 3.82. The highest BCUT2D eigenvalue weighted by molar-refractivity contribution is 7.99. The Morgan fingerprint density at radius 1 is 1.15 bits per heavy atom. The van der Waals surface area contributed by atoms with Crippen molar-refractivity contribution in [1.82, 2.24) is 5.32 Å². The molecule has 1 aromatic rings. The zero-order valence-corrected chi connectivity index (χ0v) is 8.31. The molecular weight excluding hydrogens is 178 g/mol. The molecular formula is C11H13NS. The van der Waals surface area contributed by atoms with Gasteiger partial charge in [0.05, 0.1) is 0 Å². The van der Waals surface area contributed by atoms with E-state index >= 15 is 0 Å². The average Bonchev–Trinajstić information content (AvgIpc) is 2.52. The number of benzene rings is 1. The number of thioether (sulfide) groups is 1. The third-order valence-corrected chi connectivity index (χ3v) is 4.23. The minimum atomic E-state index is 0.611. The predicted octanol–water partition coefficient (Wildman–Crippen LogP) is 2.16. The lowest BCUT2D eigenvalue weighted by Gasteiger charge is -2.27. The van der Waals surface area contributed by atoms with E-state index in [0.29, 0.717) is 6.04 Å². The monoisotopic (exact) mass is 191 g/mol. The van der Waals surface area contributed by atoms with Crippen molar-refractivity contribution in [3.63, 3.8) is 0 Å². The normalized spacial score (nSPS) is 31.1. The summed E-state index contributed by atoms with van der Waals surface area (Å²) in [5.41, 5.74) is 3.14. The molecule has 1 nitrogen and oxygen atoms in total. The van der Waals surface area contributed by atoms with Crippen molar-refractivity contribution in [3.8, 4) is 0 Å². The highest BCUT2D eigenvalue weighted by Crippen LogP contribution is 2.37. The second kappa shape index (κ2) is 3.03. The summed E-state index contributed by atoms with van der Waals surface area (Å²) in [6.45, 7) is 1.18. The fourth-order valence-electron chi connectivity index (χ4n) is 2.33. The number of rotatable bonds is 0. The van der Waals surface area contributed by atoms with Crippen LogP contribution in [0.15, 0.2) is 24.3 Å². The van der Waals surface area contributed by atoms with E-state index in [4.69, 9.17) is 0 Å². The molecule has 0 aromatic heterocycles. The first kappa shape index (κ1) is 7.89. The lowest BCUT2D eigenvalue weighted by atomic mass is 9.88. The number of hydrogen-bond donors (Lipinski definition) is 1. The lowest BCUT2D eigenvalue weighted by molar-refractivity contribution is 0.515. The molecule has 0 radical (unpaired) electrons. The van der Waals surface area contributed by atoms with Gasteiger partial charge >= 0.3 is 0 Å². The van der Waals surface area contributed by atoms with E-state index in [1.807, 2.05) is 0 Å². The van der Waals surface area contributed by atoms with Crippen LogP contribution in [0.25, 0.3) is 0 Å². The Kier molecular flexibility index (Phi) is 1.84. The van der Waals surface area contributed by atoms with Gasteiger partial charge in [0, 0.05) is 30.0 Å². The summed E-state index contributed by atoms with van der Waals surface area (Å²) in [6.07, 6.45) is 0. The third-order valence-electron chi connectivity index (χ3n) is 3.03. The molecule has 0 saturated carbocycles. The minimum absolute atomic E-state index is 0.611. The second-order valence-corrected chi connectivity index (χ2v) is 4.90. The van der Waals surface area contributed by atoms with E-state index in [1.54, 1.807) is 11.1 Å². The molecule has 3 aliphatic rings. The summed E-state index contributed by atoms with van der Waals surface area (Å²) in [5, 5.41) is 3.62. The highest BCUT2D eigenvalue weighted by Gasteiger charge is 2.29. The van der Waals surface area contributed by atoms with Crippen molar-refractivity contribution in [2.75, 3.05) is 18.1 Å². The molecule has 1 aromatic carbocycles. The fraction of sp³-hybridized carbons (Fsp3) is 0.455. The van der Waals surface area contributed by atoms with Crippen LogP contribution in [-0.2, 0) is 0 Å². The molecule has 13 heavy (non-hydrogen) atoms. The first-order valence-corrected chi connectivity index (χ1v) is 6.00. The maximum atomic E-state index is 3.62. The summed E-state index contributed by atoms with van der Waals surface area (Å²) in [4.78, 5) is 0. The molecule has 0 spiro atoms. The maximum Gasteiger partial charge on any atom is 0.0414 e. The van der Waals surface area contributed by atoms with Gasteiger partial charge in [0.1, 0.15) is 0 Å². The van der Waals surface area contributed by atoms with Gasteiger partial charge in [-0.05, 0) is 11.1 Å². The molecule has 0 aliphatic carbocycles. The van der Waals surface area contributed by atoms with Crippen molar-refractivity contribution in [2.24, 2.45) is 0 Å². The van der Waals surface area contributed by atoms with E-state index in [0.717, 1.165) is 5.92 Å². The topological polar surface area (TPSA) is 12.0 Å². The number of fused-ring (bicyclic) bond motifs is 3. The van der Waals surface area contributed by atoms with Crippen molar-refractivity contribution in [2.45, 2.75) is 12.0 Å². The molecule has 0 amide bonds. The van der Waals surface area contributed by atoms with E-state index in [2.05, 4.69) is 41.3 Å². The van der Waals surface area contributed by atoms with Crippen molar-refractivity contribution in [3.05, 3.63) is 35.4 Å². The van der Waals surface area contributed by atoms with Crippen LogP contribution in [0, 0.1) is 0 Å². The Morgan fingerprint density at radius 3 is 2.92 bits per heavy atom. The molecule has 2 bridgehead atoms. The largest absolute Gasteiger partial charge is 0.309 e. The van der Waals surface area contributed by atoms with E-state index in [1.165, 1.54) is 18.1 Å². The molecule has 1 N–H and O–H groups in total. The SMILES string of the molecule is c1ccc2c(c1)C1CNC2CSC1. The Labute approximate surface area is 82.9 Å². The van der Waals surface area contributed by atoms with Crippen LogP contribution in [0.3, 0.4) is 0 Å². The third kappa shape index (κ3) is 1.20. The molecule has 68 valence electrons. The molecule has 1 saturated heterocycles. The molecule has 4 rings (SSSR count). The van der Waals surface area contributed by atoms with Crippen LogP contribution < -0.4 is 5.32 Å². The number of nitrogens with one attached hydrogen (secondary N) is 1. The lowest BCUT2D eigenvalue weighted by Crippen LogP contribution is -2.32. The Morgan fingerprint density at radius 2 is 2.00 bits per heavy atom. The van der Waals surface area contributed by atoms with Crippen LogP contribution in [0.2, 0.25) is 0 Å². The molecule has 3 heterocycles. The average molecular weight is 191 g/mol. The van der Waals surface area contributed by atoms with E-state index < -0.39 is 0 Å². The van der Waals surface area contributed by atoms with Crippen molar-refractivity contribution < 1.29 is 0 Å². The zero-order valence-electron chi connectivity index (χ0n) is 7.49. The van der Waals surface area contributed by atoms with Gasteiger partial charge in [0.2, 0.25) is 0 Å². The summed E-state index contributed by atoms with van der Waals surface area (Å²) in [6, 6.07) is 9.53. The van der Waals surface area contributed by atoms with Gasteiger partial charge in [-0.1, -0.05) is 24.3 Å². The van der Waals surface area contributed by atoms with Crippen molar-refractivity contribution >= 4 is 11.8 Å². The highest BCUT2D eigenvalue weighted by atomic mass is 32.2.